The van der Waals surface area contributed by atoms with Crippen LogP contribution < -0.4 is 9.46 Å². The molecule has 1 saturated heterocycles. The minimum atomic E-state index is -3.55. The molecular weight excluding hydrogens is 366 g/mol. The van der Waals surface area contributed by atoms with Gasteiger partial charge in [-0.25, -0.2) is 13.1 Å². The van der Waals surface area contributed by atoms with E-state index >= 15 is 0 Å². The Balaban J connectivity index is 1.51. The number of amides is 1. The molecule has 1 aliphatic rings. The van der Waals surface area contributed by atoms with Crippen molar-refractivity contribution in [2.45, 2.75) is 17.7 Å². The Morgan fingerprint density at radius 2 is 1.78 bits per heavy atom. The fraction of sp³-hybridized carbons (Fsp3) is 0.368. The standard InChI is InChI=1S/C19H23N3O4S/c1-26-17-2-4-18(5-3-17)27(24,25)21-14-15-8-12-22(13-9-15)19(23)16-6-10-20-11-7-16/h2-7,10-11,15,21H,8-9,12-14H2,1H3. The third kappa shape index (κ3) is 4.84. The Kier molecular flexibility index (Phi) is 6.08. The van der Waals surface area contributed by atoms with E-state index in [1.807, 2.05) is 4.90 Å². The summed E-state index contributed by atoms with van der Waals surface area (Å²) in [5.74, 6) is 0.814. The van der Waals surface area contributed by atoms with E-state index in [0.717, 1.165) is 12.8 Å². The van der Waals surface area contributed by atoms with Gasteiger partial charge >= 0.3 is 0 Å². The second kappa shape index (κ2) is 8.49. The van der Waals surface area contributed by atoms with Crippen LogP contribution in [0.3, 0.4) is 0 Å². The Hall–Kier alpha value is -2.45. The second-order valence-corrected chi connectivity index (χ2v) is 8.27. The smallest absolute Gasteiger partial charge is 0.253 e. The molecule has 1 aromatic carbocycles. The van der Waals surface area contributed by atoms with Gasteiger partial charge in [0.25, 0.3) is 5.91 Å². The summed E-state index contributed by atoms with van der Waals surface area (Å²) in [6, 6.07) is 9.71. The molecule has 7 nitrogen and oxygen atoms in total. The number of piperidine rings is 1. The fourth-order valence-electron chi connectivity index (χ4n) is 3.08. The third-order valence-electron chi connectivity index (χ3n) is 4.76. The van der Waals surface area contributed by atoms with Gasteiger partial charge in [0, 0.05) is 37.6 Å². The van der Waals surface area contributed by atoms with E-state index in [9.17, 15) is 13.2 Å². The predicted molar refractivity (Wildman–Crippen MR) is 101 cm³/mol. The molecule has 1 fully saturated rings. The molecule has 1 amide bonds. The van der Waals surface area contributed by atoms with Gasteiger partial charge in [0.2, 0.25) is 10.0 Å². The van der Waals surface area contributed by atoms with E-state index < -0.39 is 10.0 Å². The van der Waals surface area contributed by atoms with Gasteiger partial charge < -0.3 is 9.64 Å². The molecule has 144 valence electrons. The fourth-order valence-corrected chi connectivity index (χ4v) is 4.20. The lowest BCUT2D eigenvalue weighted by molar-refractivity contribution is 0.0692. The monoisotopic (exact) mass is 389 g/mol. The van der Waals surface area contributed by atoms with Crippen LogP contribution in [0.25, 0.3) is 0 Å². The average molecular weight is 389 g/mol. The maximum absolute atomic E-state index is 12.4. The van der Waals surface area contributed by atoms with Crippen molar-refractivity contribution in [3.8, 4) is 5.75 Å². The van der Waals surface area contributed by atoms with Gasteiger partial charge in [-0.2, -0.15) is 0 Å². The lowest BCUT2D eigenvalue weighted by Crippen LogP contribution is -2.41. The van der Waals surface area contributed by atoms with Crippen LogP contribution in [-0.2, 0) is 10.0 Å². The zero-order valence-corrected chi connectivity index (χ0v) is 16.0. The molecule has 1 N–H and O–H groups in total. The summed E-state index contributed by atoms with van der Waals surface area (Å²) in [6.45, 7) is 1.61. The van der Waals surface area contributed by atoms with Crippen LogP contribution in [0, 0.1) is 5.92 Å². The second-order valence-electron chi connectivity index (χ2n) is 6.50. The summed E-state index contributed by atoms with van der Waals surface area (Å²) in [5, 5.41) is 0. The van der Waals surface area contributed by atoms with E-state index in [0.29, 0.717) is 30.9 Å². The minimum Gasteiger partial charge on any atom is -0.497 e. The maximum atomic E-state index is 12.4. The van der Waals surface area contributed by atoms with Crippen LogP contribution in [0.5, 0.6) is 5.75 Å². The number of likely N-dealkylation sites (tertiary alicyclic amines) is 1. The topological polar surface area (TPSA) is 88.6 Å². The average Bonchev–Trinajstić information content (AvgIpc) is 2.73. The summed E-state index contributed by atoms with van der Waals surface area (Å²) >= 11 is 0. The predicted octanol–water partition coefficient (Wildman–Crippen LogP) is 1.92. The molecule has 0 bridgehead atoms. The number of pyridine rings is 1. The van der Waals surface area contributed by atoms with Gasteiger partial charge in [-0.1, -0.05) is 0 Å². The molecule has 0 aliphatic carbocycles. The van der Waals surface area contributed by atoms with Crippen molar-refractivity contribution in [2.75, 3.05) is 26.7 Å². The van der Waals surface area contributed by atoms with Crippen LogP contribution in [0.15, 0.2) is 53.7 Å². The Labute approximate surface area is 159 Å². The lowest BCUT2D eigenvalue weighted by Gasteiger charge is -2.32. The molecule has 0 unspecified atom stereocenters. The normalized spacial score (nSPS) is 15.5. The Morgan fingerprint density at radius 1 is 1.15 bits per heavy atom. The Bertz CT molecular complexity index is 862. The first kappa shape index (κ1) is 19.3. The van der Waals surface area contributed by atoms with E-state index in [1.54, 1.807) is 36.7 Å². The summed E-state index contributed by atoms with van der Waals surface area (Å²) < 4.78 is 32.5. The maximum Gasteiger partial charge on any atom is 0.253 e. The number of ether oxygens (including phenoxy) is 1. The van der Waals surface area contributed by atoms with Gasteiger partial charge in [-0.15, -0.1) is 0 Å². The van der Waals surface area contributed by atoms with Crippen molar-refractivity contribution < 1.29 is 17.9 Å². The van der Waals surface area contributed by atoms with Gasteiger partial charge in [0.1, 0.15) is 5.75 Å². The van der Waals surface area contributed by atoms with Gasteiger partial charge in [0.15, 0.2) is 0 Å². The molecule has 1 aliphatic heterocycles. The van der Waals surface area contributed by atoms with E-state index in [1.165, 1.54) is 19.2 Å². The van der Waals surface area contributed by atoms with Crippen LogP contribution in [0.4, 0.5) is 0 Å². The third-order valence-corrected chi connectivity index (χ3v) is 6.20. The van der Waals surface area contributed by atoms with Crippen molar-refractivity contribution in [2.24, 2.45) is 5.92 Å². The number of carbonyl (C=O) groups is 1. The molecule has 8 heteroatoms. The van der Waals surface area contributed by atoms with Crippen molar-refractivity contribution >= 4 is 15.9 Å². The lowest BCUT2D eigenvalue weighted by atomic mass is 9.97. The highest BCUT2D eigenvalue weighted by Crippen LogP contribution is 2.20. The van der Waals surface area contributed by atoms with Crippen molar-refractivity contribution in [1.82, 2.24) is 14.6 Å². The van der Waals surface area contributed by atoms with Crippen molar-refractivity contribution in [1.29, 1.82) is 0 Å². The SMILES string of the molecule is COc1ccc(S(=O)(=O)NCC2CCN(C(=O)c3ccncc3)CC2)cc1. The highest BCUT2D eigenvalue weighted by Gasteiger charge is 2.25. The number of rotatable bonds is 6. The first-order valence-electron chi connectivity index (χ1n) is 8.82. The molecule has 0 atom stereocenters. The van der Waals surface area contributed by atoms with Crippen LogP contribution in [-0.4, -0.2) is 51.0 Å². The molecule has 1 aromatic heterocycles. The summed E-state index contributed by atoms with van der Waals surface area (Å²) in [4.78, 5) is 18.4. The number of hydrogen-bond donors (Lipinski definition) is 1. The Morgan fingerprint density at radius 3 is 2.37 bits per heavy atom. The zero-order valence-electron chi connectivity index (χ0n) is 15.2. The molecular formula is C19H23N3O4S. The molecule has 27 heavy (non-hydrogen) atoms. The highest BCUT2D eigenvalue weighted by atomic mass is 32.2. The molecule has 0 spiro atoms. The van der Waals surface area contributed by atoms with Crippen molar-refractivity contribution in [3.05, 3.63) is 54.4 Å². The number of nitrogens with one attached hydrogen (secondary N) is 1. The molecule has 2 heterocycles. The summed E-state index contributed by atoms with van der Waals surface area (Å²) in [6.07, 6.45) is 4.74. The number of methoxy groups -OCH3 is 1. The quantitative estimate of drug-likeness (QED) is 0.815. The molecule has 0 saturated carbocycles. The number of aromatic nitrogens is 1. The summed E-state index contributed by atoms with van der Waals surface area (Å²) in [5.41, 5.74) is 0.628. The first-order chi connectivity index (χ1) is 13.0. The van der Waals surface area contributed by atoms with Gasteiger partial charge in [-0.05, 0) is 55.2 Å². The number of hydrogen-bond acceptors (Lipinski definition) is 5. The number of sulfonamides is 1. The molecule has 0 radical (unpaired) electrons. The molecule has 2 aromatic rings. The van der Waals surface area contributed by atoms with E-state index in [4.69, 9.17) is 4.74 Å². The number of carbonyl (C=O) groups excluding carboxylic acids is 1. The summed E-state index contributed by atoms with van der Waals surface area (Å²) in [7, 11) is -2.02. The minimum absolute atomic E-state index is 0.00494. The van der Waals surface area contributed by atoms with Gasteiger partial charge in [0.05, 0.1) is 12.0 Å². The number of benzene rings is 1. The van der Waals surface area contributed by atoms with E-state index in [-0.39, 0.29) is 16.7 Å². The largest absolute Gasteiger partial charge is 0.497 e. The van der Waals surface area contributed by atoms with Crippen molar-refractivity contribution in [3.63, 3.8) is 0 Å². The van der Waals surface area contributed by atoms with Crippen LogP contribution in [0.2, 0.25) is 0 Å². The van der Waals surface area contributed by atoms with Crippen LogP contribution >= 0.6 is 0 Å². The van der Waals surface area contributed by atoms with Gasteiger partial charge in [-0.3, -0.25) is 9.78 Å². The highest BCUT2D eigenvalue weighted by molar-refractivity contribution is 7.89. The number of nitrogens with zero attached hydrogens (tertiary/aromatic N) is 2. The molecule has 3 rings (SSSR count). The first-order valence-corrected chi connectivity index (χ1v) is 10.3. The zero-order chi connectivity index (χ0) is 19.3. The van der Waals surface area contributed by atoms with Crippen LogP contribution in [0.1, 0.15) is 23.2 Å². The van der Waals surface area contributed by atoms with E-state index in [2.05, 4.69) is 9.71 Å².